The highest BCUT2D eigenvalue weighted by Gasteiger charge is 2.18. The summed E-state index contributed by atoms with van der Waals surface area (Å²) >= 11 is 0. The Labute approximate surface area is 89.1 Å². The fourth-order valence-corrected chi connectivity index (χ4v) is 0.722. The summed E-state index contributed by atoms with van der Waals surface area (Å²) < 4.78 is 10.1. The largest absolute Gasteiger partial charge is 0.371 e. The first kappa shape index (κ1) is 14.8. The molecule has 0 aliphatic rings. The van der Waals surface area contributed by atoms with Gasteiger partial charge in [-0.15, -0.1) is 0 Å². The summed E-state index contributed by atoms with van der Waals surface area (Å²) in [4.78, 5) is 0. The summed E-state index contributed by atoms with van der Waals surface area (Å²) in [5, 5.41) is 35.3. The molecule has 0 aromatic heterocycles. The predicted octanol–water partition coefficient (Wildman–Crippen LogP) is -1.19. The highest BCUT2D eigenvalue weighted by atomic mass is 16.6. The summed E-state index contributed by atoms with van der Waals surface area (Å²) in [6.07, 6.45) is -2.59. The Balaban J connectivity index is 3.62. The van der Waals surface area contributed by atoms with E-state index in [1.807, 2.05) is 0 Å². The summed E-state index contributed by atoms with van der Waals surface area (Å²) in [6, 6.07) is 0. The van der Waals surface area contributed by atoms with Gasteiger partial charge in [0.15, 0.2) is 12.1 Å². The quantitative estimate of drug-likeness (QED) is 0.406. The molecule has 0 aliphatic heterocycles. The van der Waals surface area contributed by atoms with E-state index in [1.54, 1.807) is 6.92 Å². The minimum atomic E-state index is -1.86. The molecule has 2 unspecified atom stereocenters. The van der Waals surface area contributed by atoms with Crippen molar-refractivity contribution in [3.63, 3.8) is 0 Å². The maximum atomic E-state index is 8.94. The Morgan fingerprint density at radius 1 is 1.13 bits per heavy atom. The minimum Gasteiger partial charge on any atom is -0.371 e. The lowest BCUT2D eigenvalue weighted by Crippen LogP contribution is -2.34. The van der Waals surface area contributed by atoms with Crippen LogP contribution in [0.2, 0.25) is 0 Å². The van der Waals surface area contributed by atoms with Crippen molar-refractivity contribution in [1.29, 1.82) is 0 Å². The normalized spacial score (nSPS) is 16.8. The molecule has 2 atom stereocenters. The zero-order valence-electron chi connectivity index (χ0n) is 9.25. The monoisotopic (exact) mass is 224 g/mol. The van der Waals surface area contributed by atoms with Crippen LogP contribution in [0.4, 0.5) is 0 Å². The molecule has 0 amide bonds. The van der Waals surface area contributed by atoms with Gasteiger partial charge in [-0.3, -0.25) is 0 Å². The Morgan fingerprint density at radius 2 is 1.67 bits per heavy atom. The van der Waals surface area contributed by atoms with Crippen molar-refractivity contribution in [2.24, 2.45) is 0 Å². The van der Waals surface area contributed by atoms with Crippen LogP contribution < -0.4 is 0 Å². The van der Waals surface area contributed by atoms with Gasteiger partial charge in [-0.25, -0.2) is 0 Å². The number of ether oxygens (including phenoxy) is 2. The number of hydrogen-bond donors (Lipinski definition) is 4. The fourth-order valence-electron chi connectivity index (χ4n) is 0.722. The molecule has 0 spiro atoms. The van der Waals surface area contributed by atoms with Gasteiger partial charge in [-0.2, -0.15) is 0 Å². The van der Waals surface area contributed by atoms with E-state index >= 15 is 0 Å². The molecule has 0 heterocycles. The van der Waals surface area contributed by atoms with Crippen LogP contribution in [-0.4, -0.2) is 57.9 Å². The van der Waals surface area contributed by atoms with Crippen LogP contribution in [0.3, 0.4) is 0 Å². The molecule has 6 heteroatoms. The first-order chi connectivity index (χ1) is 6.72. The lowest BCUT2D eigenvalue weighted by Gasteiger charge is -2.21. The maximum Gasteiger partial charge on any atom is 0.183 e. The van der Waals surface area contributed by atoms with Gasteiger partial charge < -0.3 is 29.9 Å². The second-order valence-corrected chi connectivity index (χ2v) is 3.79. The Morgan fingerprint density at radius 3 is 2.07 bits per heavy atom. The smallest absolute Gasteiger partial charge is 0.183 e. The van der Waals surface area contributed by atoms with Crippen LogP contribution in [0.5, 0.6) is 0 Å². The molecule has 0 saturated heterocycles. The van der Waals surface area contributed by atoms with Crippen LogP contribution in [-0.2, 0) is 9.47 Å². The summed E-state index contributed by atoms with van der Waals surface area (Å²) in [5.74, 6) is -1.86. The fraction of sp³-hybridized carbons (Fsp3) is 1.00. The molecular formula is C9H20O6. The summed E-state index contributed by atoms with van der Waals surface area (Å²) in [7, 11) is 0. The molecule has 92 valence electrons. The van der Waals surface area contributed by atoms with Crippen LogP contribution in [0, 0.1) is 0 Å². The first-order valence-electron chi connectivity index (χ1n) is 4.76. The van der Waals surface area contributed by atoms with E-state index < -0.39 is 18.2 Å². The van der Waals surface area contributed by atoms with Gasteiger partial charge >= 0.3 is 0 Å². The maximum absolute atomic E-state index is 8.94. The second-order valence-electron chi connectivity index (χ2n) is 3.79. The van der Waals surface area contributed by atoms with Gasteiger partial charge in [0.25, 0.3) is 0 Å². The number of aliphatic hydroxyl groups excluding tert-OH is 1. The number of rotatable bonds is 7. The Bertz CT molecular complexity index is 164. The molecule has 0 aliphatic carbocycles. The van der Waals surface area contributed by atoms with Crippen LogP contribution in [0.15, 0.2) is 0 Å². The van der Waals surface area contributed by atoms with Crippen molar-refractivity contribution in [2.45, 2.75) is 45.1 Å². The third kappa shape index (κ3) is 8.73. The van der Waals surface area contributed by atoms with E-state index in [9.17, 15) is 0 Å². The van der Waals surface area contributed by atoms with Gasteiger partial charge in [0.1, 0.15) is 12.7 Å². The zero-order valence-corrected chi connectivity index (χ0v) is 9.25. The van der Waals surface area contributed by atoms with Crippen LogP contribution in [0.1, 0.15) is 20.8 Å². The average molecular weight is 224 g/mol. The molecule has 0 rings (SSSR count). The molecular weight excluding hydrogens is 204 g/mol. The highest BCUT2D eigenvalue weighted by molar-refractivity contribution is 4.58. The van der Waals surface area contributed by atoms with Crippen molar-refractivity contribution >= 4 is 0 Å². The van der Waals surface area contributed by atoms with Gasteiger partial charge in [0, 0.05) is 0 Å². The van der Waals surface area contributed by atoms with Gasteiger partial charge in [-0.05, 0) is 20.8 Å². The van der Waals surface area contributed by atoms with Crippen molar-refractivity contribution in [3.05, 3.63) is 0 Å². The molecule has 0 fully saturated rings. The van der Waals surface area contributed by atoms with Crippen molar-refractivity contribution in [2.75, 3.05) is 13.2 Å². The van der Waals surface area contributed by atoms with Crippen molar-refractivity contribution < 1.29 is 29.9 Å². The van der Waals surface area contributed by atoms with Crippen molar-refractivity contribution in [3.8, 4) is 0 Å². The zero-order chi connectivity index (χ0) is 12.1. The predicted molar refractivity (Wildman–Crippen MR) is 51.9 cm³/mol. The molecule has 0 radical (unpaired) electrons. The molecule has 6 nitrogen and oxygen atoms in total. The topological polar surface area (TPSA) is 99.4 Å². The van der Waals surface area contributed by atoms with E-state index in [0.717, 1.165) is 0 Å². The first-order valence-corrected chi connectivity index (χ1v) is 4.76. The number of aliphatic hydroxyl groups is 4. The van der Waals surface area contributed by atoms with E-state index in [-0.39, 0.29) is 19.3 Å². The molecule has 0 bridgehead atoms. The molecule has 0 aromatic rings. The lowest BCUT2D eigenvalue weighted by atomic mass is 10.3. The lowest BCUT2D eigenvalue weighted by molar-refractivity contribution is -0.202. The van der Waals surface area contributed by atoms with E-state index in [2.05, 4.69) is 0 Å². The Kier molecular flexibility index (Phi) is 6.26. The van der Waals surface area contributed by atoms with Gasteiger partial charge in [0.2, 0.25) is 0 Å². The number of hydrogen-bond acceptors (Lipinski definition) is 6. The van der Waals surface area contributed by atoms with E-state index in [0.29, 0.717) is 0 Å². The summed E-state index contributed by atoms with van der Waals surface area (Å²) in [5.41, 5.74) is 0. The standard InChI is InChI=1S/C9H20O6/c1-6(15-5-9(3,12)13)4-14-7(2)8(10)11/h6-8,10-13H,4-5H2,1-3H3. The molecule has 0 saturated carbocycles. The second kappa shape index (κ2) is 6.37. The van der Waals surface area contributed by atoms with Gasteiger partial charge in [-0.1, -0.05) is 0 Å². The third-order valence-electron chi connectivity index (χ3n) is 1.65. The Hall–Kier alpha value is -0.240. The molecule has 4 N–H and O–H groups in total. The third-order valence-corrected chi connectivity index (χ3v) is 1.65. The average Bonchev–Trinajstić information content (AvgIpc) is 2.09. The van der Waals surface area contributed by atoms with Crippen molar-refractivity contribution in [1.82, 2.24) is 0 Å². The van der Waals surface area contributed by atoms with Gasteiger partial charge in [0.05, 0.1) is 12.7 Å². The molecule has 0 aromatic carbocycles. The van der Waals surface area contributed by atoms with Crippen LogP contribution in [0.25, 0.3) is 0 Å². The molecule has 15 heavy (non-hydrogen) atoms. The summed E-state index contributed by atoms with van der Waals surface area (Å²) in [6.45, 7) is 4.32. The SMILES string of the molecule is CC(COC(C)C(O)O)OCC(C)(O)O. The van der Waals surface area contributed by atoms with E-state index in [1.165, 1.54) is 13.8 Å². The van der Waals surface area contributed by atoms with E-state index in [4.69, 9.17) is 29.9 Å². The highest BCUT2D eigenvalue weighted by Crippen LogP contribution is 2.03. The van der Waals surface area contributed by atoms with Crippen LogP contribution >= 0.6 is 0 Å². The minimum absolute atomic E-state index is 0.148.